The van der Waals surface area contributed by atoms with Gasteiger partial charge in [-0.05, 0) is 37.0 Å². The van der Waals surface area contributed by atoms with E-state index in [0.29, 0.717) is 6.04 Å². The predicted octanol–water partition coefficient (Wildman–Crippen LogP) is 3.35. The minimum absolute atomic E-state index is 0.158. The smallest absolute Gasteiger partial charge is 0.387 e. The lowest BCUT2D eigenvalue weighted by Crippen LogP contribution is -2.22. The molecule has 4 heteroatoms. The predicted molar refractivity (Wildman–Crippen MR) is 62.2 cm³/mol. The molecule has 3 atom stereocenters. The molecule has 3 unspecified atom stereocenters. The summed E-state index contributed by atoms with van der Waals surface area (Å²) in [6.07, 6.45) is 1.19. The Hall–Kier alpha value is -1.16. The Bertz CT molecular complexity index is 383. The van der Waals surface area contributed by atoms with E-state index in [1.165, 1.54) is 6.42 Å². The second kappa shape index (κ2) is 5.00. The minimum Gasteiger partial charge on any atom is -0.435 e. The molecule has 0 amide bonds. The molecule has 2 nitrogen and oxygen atoms in total. The van der Waals surface area contributed by atoms with E-state index in [-0.39, 0.29) is 11.8 Å². The molecule has 1 N–H and O–H groups in total. The van der Waals surface area contributed by atoms with Crippen LogP contribution in [0.3, 0.4) is 0 Å². The molecule has 0 spiro atoms. The SMILES string of the molecule is CC(NC1CC1C)c1cccc(OC(F)F)c1. The Balaban J connectivity index is 1.99. The van der Waals surface area contributed by atoms with Gasteiger partial charge in [0.2, 0.25) is 0 Å². The number of hydrogen-bond acceptors (Lipinski definition) is 2. The minimum atomic E-state index is -2.77. The van der Waals surface area contributed by atoms with Crippen molar-refractivity contribution in [2.45, 2.75) is 39.0 Å². The Labute approximate surface area is 100.0 Å². The van der Waals surface area contributed by atoms with E-state index < -0.39 is 6.61 Å². The molecule has 0 heterocycles. The van der Waals surface area contributed by atoms with Gasteiger partial charge in [-0.2, -0.15) is 8.78 Å². The van der Waals surface area contributed by atoms with Gasteiger partial charge in [-0.15, -0.1) is 0 Å². The second-order valence-corrected chi connectivity index (χ2v) is 4.66. The van der Waals surface area contributed by atoms with Gasteiger partial charge in [0, 0.05) is 12.1 Å². The van der Waals surface area contributed by atoms with Crippen LogP contribution in [0.25, 0.3) is 0 Å². The van der Waals surface area contributed by atoms with Crippen LogP contribution in [0.5, 0.6) is 5.75 Å². The van der Waals surface area contributed by atoms with Gasteiger partial charge in [0.05, 0.1) is 0 Å². The lowest BCUT2D eigenvalue weighted by Gasteiger charge is -2.15. The molecule has 1 saturated carbocycles. The van der Waals surface area contributed by atoms with Crippen molar-refractivity contribution in [2.24, 2.45) is 5.92 Å². The maximum absolute atomic E-state index is 12.1. The zero-order valence-corrected chi connectivity index (χ0v) is 9.99. The van der Waals surface area contributed by atoms with Crippen LogP contribution in [0.4, 0.5) is 8.78 Å². The van der Waals surface area contributed by atoms with Gasteiger partial charge in [-0.3, -0.25) is 0 Å². The zero-order chi connectivity index (χ0) is 12.4. The molecule has 1 aromatic carbocycles. The van der Waals surface area contributed by atoms with E-state index >= 15 is 0 Å². The molecule has 1 aromatic rings. The fraction of sp³-hybridized carbons (Fsp3) is 0.538. The number of benzene rings is 1. The topological polar surface area (TPSA) is 21.3 Å². The Morgan fingerprint density at radius 1 is 1.41 bits per heavy atom. The van der Waals surface area contributed by atoms with E-state index in [9.17, 15) is 8.78 Å². The first kappa shape index (κ1) is 12.3. The molecule has 1 fully saturated rings. The van der Waals surface area contributed by atoms with Gasteiger partial charge in [0.25, 0.3) is 0 Å². The summed E-state index contributed by atoms with van der Waals surface area (Å²) in [5.41, 5.74) is 0.974. The van der Waals surface area contributed by atoms with Crippen LogP contribution in [0.1, 0.15) is 31.9 Å². The highest BCUT2D eigenvalue weighted by Gasteiger charge is 2.33. The monoisotopic (exact) mass is 241 g/mol. The highest BCUT2D eigenvalue weighted by molar-refractivity contribution is 5.30. The highest BCUT2D eigenvalue weighted by atomic mass is 19.3. The van der Waals surface area contributed by atoms with E-state index in [0.717, 1.165) is 11.5 Å². The largest absolute Gasteiger partial charge is 0.435 e. The number of rotatable bonds is 5. The molecular formula is C13H17F2NO. The van der Waals surface area contributed by atoms with Crippen molar-refractivity contribution in [2.75, 3.05) is 0 Å². The number of alkyl halides is 2. The van der Waals surface area contributed by atoms with Crippen LogP contribution in [0.2, 0.25) is 0 Å². The van der Waals surface area contributed by atoms with Crippen molar-refractivity contribution < 1.29 is 13.5 Å². The maximum atomic E-state index is 12.1. The Kier molecular flexibility index (Phi) is 3.62. The van der Waals surface area contributed by atoms with Crippen LogP contribution < -0.4 is 10.1 Å². The molecule has 94 valence electrons. The number of nitrogens with one attached hydrogen (secondary N) is 1. The molecule has 0 saturated heterocycles. The summed E-state index contributed by atoms with van der Waals surface area (Å²) in [5, 5.41) is 3.46. The molecule has 0 radical (unpaired) electrons. The van der Waals surface area contributed by atoms with Gasteiger partial charge in [-0.25, -0.2) is 0 Å². The molecule has 0 aliphatic heterocycles. The van der Waals surface area contributed by atoms with Crippen molar-refractivity contribution in [3.63, 3.8) is 0 Å². The summed E-state index contributed by atoms with van der Waals surface area (Å²) in [7, 11) is 0. The van der Waals surface area contributed by atoms with Crippen LogP contribution in [-0.4, -0.2) is 12.7 Å². The molecule has 1 aliphatic carbocycles. The van der Waals surface area contributed by atoms with Crippen molar-refractivity contribution in [3.05, 3.63) is 29.8 Å². The molecule has 0 aromatic heterocycles. The molecule has 2 rings (SSSR count). The lowest BCUT2D eigenvalue weighted by atomic mass is 10.1. The first-order chi connectivity index (χ1) is 8.06. The second-order valence-electron chi connectivity index (χ2n) is 4.66. The summed E-state index contributed by atoms with van der Waals surface area (Å²) in [5.74, 6) is 0.938. The number of ether oxygens (including phenoxy) is 1. The fourth-order valence-electron chi connectivity index (χ4n) is 1.93. The first-order valence-electron chi connectivity index (χ1n) is 5.87. The molecule has 17 heavy (non-hydrogen) atoms. The average Bonchev–Trinajstić information content (AvgIpc) is 2.93. The third kappa shape index (κ3) is 3.40. The molecule has 1 aliphatic rings. The summed E-state index contributed by atoms with van der Waals surface area (Å²) >= 11 is 0. The third-order valence-corrected chi connectivity index (χ3v) is 3.16. The molecule has 0 bridgehead atoms. The number of hydrogen-bond donors (Lipinski definition) is 1. The van der Waals surface area contributed by atoms with Gasteiger partial charge in [0.15, 0.2) is 0 Å². The van der Waals surface area contributed by atoms with Crippen LogP contribution in [-0.2, 0) is 0 Å². The lowest BCUT2D eigenvalue weighted by molar-refractivity contribution is -0.0499. The fourth-order valence-corrected chi connectivity index (χ4v) is 1.93. The molecular weight excluding hydrogens is 224 g/mol. The summed E-state index contributed by atoms with van der Waals surface area (Å²) in [6, 6.07) is 7.58. The van der Waals surface area contributed by atoms with Crippen molar-refractivity contribution in [1.29, 1.82) is 0 Å². The standard InChI is InChI=1S/C13H17F2NO/c1-8-6-12(8)16-9(2)10-4-3-5-11(7-10)17-13(14)15/h3-5,7-9,12-13,16H,6H2,1-2H3. The zero-order valence-electron chi connectivity index (χ0n) is 9.99. The highest BCUT2D eigenvalue weighted by Crippen LogP contribution is 2.32. The summed E-state index contributed by atoms with van der Waals surface area (Å²) in [4.78, 5) is 0. The van der Waals surface area contributed by atoms with E-state index in [2.05, 4.69) is 17.0 Å². The van der Waals surface area contributed by atoms with Gasteiger partial charge in [0.1, 0.15) is 5.75 Å². The normalized spacial score (nSPS) is 24.8. The third-order valence-electron chi connectivity index (χ3n) is 3.16. The summed E-state index contributed by atoms with van der Waals surface area (Å²) in [6.45, 7) is 1.46. The Morgan fingerprint density at radius 3 is 2.71 bits per heavy atom. The average molecular weight is 241 g/mol. The van der Waals surface area contributed by atoms with Crippen LogP contribution >= 0.6 is 0 Å². The first-order valence-corrected chi connectivity index (χ1v) is 5.87. The van der Waals surface area contributed by atoms with Crippen molar-refractivity contribution >= 4 is 0 Å². The summed E-state index contributed by atoms with van der Waals surface area (Å²) < 4.78 is 28.6. The van der Waals surface area contributed by atoms with Crippen LogP contribution in [0.15, 0.2) is 24.3 Å². The van der Waals surface area contributed by atoms with Gasteiger partial charge < -0.3 is 10.1 Å². The Morgan fingerprint density at radius 2 is 2.12 bits per heavy atom. The van der Waals surface area contributed by atoms with Gasteiger partial charge in [-0.1, -0.05) is 19.1 Å². The van der Waals surface area contributed by atoms with E-state index in [1.54, 1.807) is 18.2 Å². The maximum Gasteiger partial charge on any atom is 0.387 e. The van der Waals surface area contributed by atoms with E-state index in [1.807, 2.05) is 13.0 Å². The van der Waals surface area contributed by atoms with Crippen molar-refractivity contribution in [3.8, 4) is 5.75 Å². The number of halogens is 2. The van der Waals surface area contributed by atoms with Gasteiger partial charge >= 0.3 is 6.61 Å². The van der Waals surface area contributed by atoms with Crippen LogP contribution in [0, 0.1) is 5.92 Å². The van der Waals surface area contributed by atoms with E-state index in [4.69, 9.17) is 0 Å². The van der Waals surface area contributed by atoms with Crippen molar-refractivity contribution in [1.82, 2.24) is 5.32 Å². The quantitative estimate of drug-likeness (QED) is 0.853.